The molecular formula is C28H46O2. The summed E-state index contributed by atoms with van der Waals surface area (Å²) in [5.41, 5.74) is 3.95. The highest BCUT2D eigenvalue weighted by molar-refractivity contribution is 5.27. The van der Waals surface area contributed by atoms with Crippen LogP contribution in [0.4, 0.5) is 0 Å². The van der Waals surface area contributed by atoms with Crippen molar-refractivity contribution in [2.75, 3.05) is 0 Å². The fourth-order valence-corrected chi connectivity index (χ4v) is 6.83. The number of hydrogen-bond donors (Lipinski definition) is 2. The van der Waals surface area contributed by atoms with Gasteiger partial charge in [-0.1, -0.05) is 63.0 Å². The maximum absolute atomic E-state index is 10.2. The zero-order valence-corrected chi connectivity index (χ0v) is 20.1. The molecule has 3 fully saturated rings. The Bertz CT molecular complexity index is 665. The smallest absolute Gasteiger partial charge is 0.0784 e. The molecule has 2 nitrogen and oxygen atoms in total. The average Bonchev–Trinajstić information content (AvgIpc) is 2.66. The van der Waals surface area contributed by atoms with E-state index in [0.717, 1.165) is 55.4 Å². The Kier molecular flexibility index (Phi) is 7.72. The molecule has 2 heteroatoms. The van der Waals surface area contributed by atoms with Crippen LogP contribution < -0.4 is 0 Å². The predicted octanol–water partition coefficient (Wildman–Crippen LogP) is 7.12. The van der Waals surface area contributed by atoms with E-state index in [9.17, 15) is 10.2 Å². The van der Waals surface area contributed by atoms with Crippen molar-refractivity contribution in [1.82, 2.24) is 0 Å². The first-order valence-corrected chi connectivity index (χ1v) is 12.6. The number of aliphatic hydroxyl groups is 2. The molecule has 0 aromatic rings. The Morgan fingerprint density at radius 3 is 2.63 bits per heavy atom. The molecule has 0 aromatic carbocycles. The van der Waals surface area contributed by atoms with Crippen LogP contribution in [0.1, 0.15) is 105 Å². The minimum atomic E-state index is -0.536. The van der Waals surface area contributed by atoms with E-state index in [1.807, 2.05) is 13.8 Å². The summed E-state index contributed by atoms with van der Waals surface area (Å²) in [6.45, 7) is 12.9. The number of rotatable bonds is 6. The van der Waals surface area contributed by atoms with Gasteiger partial charge in [0, 0.05) is 0 Å². The predicted molar refractivity (Wildman–Crippen MR) is 127 cm³/mol. The van der Waals surface area contributed by atoms with Crippen LogP contribution in [0.15, 0.2) is 35.5 Å². The minimum Gasteiger partial charge on any atom is -0.390 e. The van der Waals surface area contributed by atoms with Crippen LogP contribution in [-0.2, 0) is 0 Å². The van der Waals surface area contributed by atoms with Gasteiger partial charge in [0.1, 0.15) is 0 Å². The summed E-state index contributed by atoms with van der Waals surface area (Å²) in [5.74, 6) is 2.26. The standard InChI is InChI=1S/C28H46O2/c1-20(9-7-17-27(3,4)30)24-11-6-12-25-23(10-8-18-28(24,25)5)16-15-22-14-13-21(2)26(29)19-22/h15-16,20,24-26,29-30H,2,6-14,17-19H2,1,3-5H3/t20-,24?,25?,26+,28+/m0/s1. The van der Waals surface area contributed by atoms with Crippen molar-refractivity contribution in [3.63, 3.8) is 0 Å². The minimum absolute atomic E-state index is 0.344. The van der Waals surface area contributed by atoms with Crippen molar-refractivity contribution in [3.8, 4) is 0 Å². The summed E-state index contributed by atoms with van der Waals surface area (Å²) in [4.78, 5) is 0. The first-order valence-electron chi connectivity index (χ1n) is 12.6. The Morgan fingerprint density at radius 2 is 1.93 bits per heavy atom. The second kappa shape index (κ2) is 9.74. The number of allylic oxidation sites excluding steroid dienone is 3. The quantitative estimate of drug-likeness (QED) is 0.454. The van der Waals surface area contributed by atoms with Gasteiger partial charge in [-0.05, 0) is 100 Å². The highest BCUT2D eigenvalue weighted by Crippen LogP contribution is 2.57. The van der Waals surface area contributed by atoms with Gasteiger partial charge in [-0.25, -0.2) is 0 Å². The van der Waals surface area contributed by atoms with Gasteiger partial charge in [-0.15, -0.1) is 0 Å². The molecule has 0 amide bonds. The van der Waals surface area contributed by atoms with Crippen molar-refractivity contribution in [2.24, 2.45) is 23.2 Å². The monoisotopic (exact) mass is 414 g/mol. The number of hydrogen-bond acceptors (Lipinski definition) is 2. The fourth-order valence-electron chi connectivity index (χ4n) is 6.83. The van der Waals surface area contributed by atoms with Gasteiger partial charge < -0.3 is 10.2 Å². The highest BCUT2D eigenvalue weighted by Gasteiger charge is 2.48. The van der Waals surface area contributed by atoms with Crippen LogP contribution in [-0.4, -0.2) is 21.9 Å². The third kappa shape index (κ3) is 5.68. The largest absolute Gasteiger partial charge is 0.390 e. The van der Waals surface area contributed by atoms with Gasteiger partial charge in [-0.3, -0.25) is 0 Å². The molecule has 0 heterocycles. The molecule has 30 heavy (non-hydrogen) atoms. The normalized spacial score (nSPS) is 36.7. The summed E-state index contributed by atoms with van der Waals surface area (Å²) in [6, 6.07) is 0. The van der Waals surface area contributed by atoms with Gasteiger partial charge in [0.05, 0.1) is 11.7 Å². The third-order valence-electron chi connectivity index (χ3n) is 8.64. The van der Waals surface area contributed by atoms with E-state index in [1.165, 1.54) is 50.5 Å². The average molecular weight is 415 g/mol. The van der Waals surface area contributed by atoms with Crippen LogP contribution in [0.5, 0.6) is 0 Å². The molecule has 0 bridgehead atoms. The summed E-state index contributed by atoms with van der Waals surface area (Å²) >= 11 is 0. The molecule has 0 spiro atoms. The molecule has 2 unspecified atom stereocenters. The van der Waals surface area contributed by atoms with Gasteiger partial charge in [-0.2, -0.15) is 0 Å². The summed E-state index contributed by atoms with van der Waals surface area (Å²) in [5, 5.41) is 20.2. The van der Waals surface area contributed by atoms with Gasteiger partial charge in [0.2, 0.25) is 0 Å². The summed E-state index contributed by atoms with van der Waals surface area (Å²) < 4.78 is 0. The number of fused-ring (bicyclic) bond motifs is 1. The zero-order valence-electron chi connectivity index (χ0n) is 20.1. The SMILES string of the molecule is C=C1CCC(=CC=C2CCC[C@@]3(C)C2CCCC3[C@@H](C)CCCC(C)(C)O)C[C@H]1O. The molecule has 5 atom stereocenters. The summed E-state index contributed by atoms with van der Waals surface area (Å²) in [6.07, 6.45) is 18.5. The van der Waals surface area contributed by atoms with E-state index in [1.54, 1.807) is 5.57 Å². The van der Waals surface area contributed by atoms with Crippen LogP contribution in [0.3, 0.4) is 0 Å². The van der Waals surface area contributed by atoms with Gasteiger partial charge in [0.25, 0.3) is 0 Å². The fraction of sp³-hybridized carbons (Fsp3) is 0.786. The first kappa shape index (κ1) is 23.8. The van der Waals surface area contributed by atoms with Crippen LogP contribution in [0.2, 0.25) is 0 Å². The maximum Gasteiger partial charge on any atom is 0.0784 e. The van der Waals surface area contributed by atoms with Crippen molar-refractivity contribution in [2.45, 2.75) is 116 Å². The lowest BCUT2D eigenvalue weighted by atomic mass is 9.51. The van der Waals surface area contributed by atoms with Gasteiger partial charge in [0.15, 0.2) is 0 Å². The van der Waals surface area contributed by atoms with E-state index >= 15 is 0 Å². The molecular weight excluding hydrogens is 368 g/mol. The topological polar surface area (TPSA) is 40.5 Å². The summed E-state index contributed by atoms with van der Waals surface area (Å²) in [7, 11) is 0. The third-order valence-corrected chi connectivity index (χ3v) is 8.64. The Hall–Kier alpha value is -0.860. The van der Waals surface area contributed by atoms with Crippen molar-refractivity contribution in [3.05, 3.63) is 35.5 Å². The lowest BCUT2D eigenvalue weighted by Crippen LogP contribution is -2.44. The molecule has 3 aliphatic rings. The lowest BCUT2D eigenvalue weighted by Gasteiger charge is -2.54. The van der Waals surface area contributed by atoms with Crippen molar-refractivity contribution >= 4 is 0 Å². The Balaban J connectivity index is 1.70. The van der Waals surface area contributed by atoms with E-state index < -0.39 is 5.60 Å². The van der Waals surface area contributed by atoms with Crippen LogP contribution >= 0.6 is 0 Å². The molecule has 2 N–H and O–H groups in total. The molecule has 170 valence electrons. The second-order valence-electron chi connectivity index (χ2n) is 11.6. The Morgan fingerprint density at radius 1 is 1.17 bits per heavy atom. The molecule has 3 rings (SSSR count). The molecule has 3 saturated carbocycles. The van der Waals surface area contributed by atoms with Crippen LogP contribution in [0, 0.1) is 23.2 Å². The van der Waals surface area contributed by atoms with Crippen molar-refractivity contribution in [1.29, 1.82) is 0 Å². The van der Waals surface area contributed by atoms with E-state index in [4.69, 9.17) is 0 Å². The molecule has 0 aromatic heterocycles. The molecule has 3 aliphatic carbocycles. The Labute approximate surface area is 185 Å². The van der Waals surface area contributed by atoms with Crippen molar-refractivity contribution < 1.29 is 10.2 Å². The van der Waals surface area contributed by atoms with Crippen LogP contribution in [0.25, 0.3) is 0 Å². The number of aliphatic hydroxyl groups excluding tert-OH is 1. The lowest BCUT2D eigenvalue weighted by molar-refractivity contribution is -0.00356. The second-order valence-corrected chi connectivity index (χ2v) is 11.6. The molecule has 0 saturated heterocycles. The van der Waals surface area contributed by atoms with E-state index in [0.29, 0.717) is 5.41 Å². The highest BCUT2D eigenvalue weighted by atomic mass is 16.3. The maximum atomic E-state index is 10.2. The molecule has 0 radical (unpaired) electrons. The van der Waals surface area contributed by atoms with E-state index in [-0.39, 0.29) is 6.10 Å². The first-order chi connectivity index (χ1) is 14.1. The zero-order chi connectivity index (χ0) is 21.9. The molecule has 0 aliphatic heterocycles. The van der Waals surface area contributed by atoms with E-state index in [2.05, 4.69) is 32.6 Å². The van der Waals surface area contributed by atoms with Gasteiger partial charge >= 0.3 is 0 Å².